The van der Waals surface area contributed by atoms with Gasteiger partial charge in [-0.25, -0.2) is 4.98 Å². The summed E-state index contributed by atoms with van der Waals surface area (Å²) < 4.78 is 0. The Balaban J connectivity index is 2.03. The largest absolute Gasteiger partial charge is 0.245 e. The zero-order valence-electron chi connectivity index (χ0n) is 9.84. The normalized spacial score (nSPS) is 29.3. The van der Waals surface area contributed by atoms with Crippen LogP contribution in [0.4, 0.5) is 0 Å². The highest BCUT2D eigenvalue weighted by molar-refractivity contribution is 7.12. The summed E-state index contributed by atoms with van der Waals surface area (Å²) >= 11 is 1.99. The number of rotatable bonds is 0. The van der Waals surface area contributed by atoms with Crippen LogP contribution < -0.4 is 0 Å². The first-order valence-corrected chi connectivity index (χ1v) is 6.86. The number of fused-ring (bicyclic) bond motifs is 4. The summed E-state index contributed by atoms with van der Waals surface area (Å²) in [4.78, 5) is 6.51. The van der Waals surface area contributed by atoms with Crippen LogP contribution in [-0.2, 0) is 11.8 Å². The van der Waals surface area contributed by atoms with E-state index in [-0.39, 0.29) is 5.41 Å². The van der Waals surface area contributed by atoms with Crippen molar-refractivity contribution in [3.05, 3.63) is 15.6 Å². The highest BCUT2D eigenvalue weighted by Gasteiger charge is 2.36. The van der Waals surface area contributed by atoms with E-state index in [2.05, 4.69) is 20.8 Å². The van der Waals surface area contributed by atoms with Crippen molar-refractivity contribution in [2.75, 3.05) is 0 Å². The lowest BCUT2D eigenvalue weighted by molar-refractivity contribution is 0.503. The molecule has 2 aliphatic carbocycles. The lowest BCUT2D eigenvalue weighted by atomic mass is 9.91. The summed E-state index contributed by atoms with van der Waals surface area (Å²) in [6.45, 7) is 6.82. The molecule has 2 aliphatic rings. The van der Waals surface area contributed by atoms with E-state index in [0.29, 0.717) is 0 Å². The van der Waals surface area contributed by atoms with Gasteiger partial charge >= 0.3 is 0 Å². The lowest BCUT2D eigenvalue weighted by Gasteiger charge is -2.16. The summed E-state index contributed by atoms with van der Waals surface area (Å²) in [5.74, 6) is 1.82. The number of hydrogen-bond donors (Lipinski definition) is 0. The van der Waals surface area contributed by atoms with Crippen LogP contribution in [-0.4, -0.2) is 4.98 Å². The molecule has 2 heteroatoms. The summed E-state index contributed by atoms with van der Waals surface area (Å²) in [7, 11) is 0. The summed E-state index contributed by atoms with van der Waals surface area (Å²) in [5, 5.41) is 1.35. The Labute approximate surface area is 95.9 Å². The molecule has 82 valence electrons. The Bertz CT molecular complexity index is 386. The van der Waals surface area contributed by atoms with Gasteiger partial charge in [-0.15, -0.1) is 11.3 Å². The van der Waals surface area contributed by atoms with E-state index in [4.69, 9.17) is 4.98 Å². The zero-order chi connectivity index (χ0) is 10.6. The van der Waals surface area contributed by atoms with Crippen LogP contribution in [0.5, 0.6) is 0 Å². The molecular formula is C13H19NS. The second-order valence-electron chi connectivity index (χ2n) is 6.16. The van der Waals surface area contributed by atoms with E-state index in [9.17, 15) is 0 Å². The van der Waals surface area contributed by atoms with Gasteiger partial charge in [0.1, 0.15) is 0 Å². The third kappa shape index (κ3) is 1.54. The molecule has 15 heavy (non-hydrogen) atoms. The molecule has 1 aromatic rings. The van der Waals surface area contributed by atoms with E-state index >= 15 is 0 Å². The molecule has 0 aliphatic heterocycles. The zero-order valence-corrected chi connectivity index (χ0v) is 10.7. The van der Waals surface area contributed by atoms with Crippen LogP contribution in [0.2, 0.25) is 0 Å². The monoisotopic (exact) mass is 221 g/mol. The van der Waals surface area contributed by atoms with Crippen LogP contribution in [0, 0.1) is 5.92 Å². The highest BCUT2D eigenvalue weighted by atomic mass is 32.1. The van der Waals surface area contributed by atoms with Gasteiger partial charge in [-0.05, 0) is 37.5 Å². The Kier molecular flexibility index (Phi) is 2.01. The SMILES string of the molecule is CC(C)(C)c1nc2c(s1)C1CCC(C2)C1. The molecule has 2 atom stereocenters. The van der Waals surface area contributed by atoms with Crippen molar-refractivity contribution in [3.63, 3.8) is 0 Å². The maximum Gasteiger partial charge on any atom is 0.0984 e. The lowest BCUT2D eigenvalue weighted by Crippen LogP contribution is -2.11. The molecule has 0 saturated heterocycles. The Hall–Kier alpha value is -0.370. The molecule has 1 saturated carbocycles. The smallest absolute Gasteiger partial charge is 0.0984 e. The van der Waals surface area contributed by atoms with Crippen molar-refractivity contribution in [2.24, 2.45) is 5.92 Å². The predicted octanol–water partition coefficient (Wildman–Crippen LogP) is 3.88. The first-order valence-electron chi connectivity index (χ1n) is 6.04. The van der Waals surface area contributed by atoms with Gasteiger partial charge in [0, 0.05) is 10.3 Å². The van der Waals surface area contributed by atoms with Gasteiger partial charge in [0.15, 0.2) is 0 Å². The van der Waals surface area contributed by atoms with E-state index in [1.54, 1.807) is 4.88 Å². The van der Waals surface area contributed by atoms with Gasteiger partial charge in [-0.1, -0.05) is 20.8 Å². The van der Waals surface area contributed by atoms with Crippen LogP contribution in [0.15, 0.2) is 0 Å². The van der Waals surface area contributed by atoms with Gasteiger partial charge in [-0.3, -0.25) is 0 Å². The molecule has 0 spiro atoms. The fourth-order valence-electron chi connectivity index (χ4n) is 2.92. The number of nitrogens with zero attached hydrogens (tertiary/aromatic N) is 1. The minimum Gasteiger partial charge on any atom is -0.245 e. The summed E-state index contributed by atoms with van der Waals surface area (Å²) in [6.07, 6.45) is 5.57. The molecule has 1 heterocycles. The fraction of sp³-hybridized carbons (Fsp3) is 0.769. The van der Waals surface area contributed by atoms with E-state index < -0.39 is 0 Å². The predicted molar refractivity (Wildman–Crippen MR) is 64.6 cm³/mol. The second-order valence-corrected chi connectivity index (χ2v) is 7.19. The molecule has 0 radical (unpaired) electrons. The molecule has 0 N–H and O–H groups in total. The molecule has 2 bridgehead atoms. The molecule has 0 aromatic carbocycles. The molecule has 3 rings (SSSR count). The van der Waals surface area contributed by atoms with Crippen molar-refractivity contribution >= 4 is 11.3 Å². The minimum absolute atomic E-state index is 0.237. The highest BCUT2D eigenvalue weighted by Crippen LogP contribution is 2.49. The van der Waals surface area contributed by atoms with E-state index in [1.807, 2.05) is 11.3 Å². The van der Waals surface area contributed by atoms with Crippen LogP contribution in [0.25, 0.3) is 0 Å². The van der Waals surface area contributed by atoms with Crippen molar-refractivity contribution in [1.29, 1.82) is 0 Å². The maximum atomic E-state index is 4.88. The first-order chi connectivity index (χ1) is 7.04. The molecular weight excluding hydrogens is 202 g/mol. The Morgan fingerprint density at radius 2 is 2.07 bits per heavy atom. The molecule has 1 nitrogen and oxygen atoms in total. The van der Waals surface area contributed by atoms with Crippen molar-refractivity contribution in [2.45, 2.75) is 57.8 Å². The average molecular weight is 221 g/mol. The Morgan fingerprint density at radius 1 is 1.27 bits per heavy atom. The minimum atomic E-state index is 0.237. The molecule has 1 aromatic heterocycles. The van der Waals surface area contributed by atoms with Crippen molar-refractivity contribution in [1.82, 2.24) is 4.98 Å². The average Bonchev–Trinajstić information content (AvgIpc) is 2.70. The topological polar surface area (TPSA) is 12.9 Å². The summed E-state index contributed by atoms with van der Waals surface area (Å²) in [5.41, 5.74) is 1.69. The van der Waals surface area contributed by atoms with Crippen LogP contribution in [0.1, 0.15) is 61.5 Å². The quantitative estimate of drug-likeness (QED) is 0.648. The van der Waals surface area contributed by atoms with Gasteiger partial charge in [-0.2, -0.15) is 0 Å². The summed E-state index contributed by atoms with van der Waals surface area (Å²) in [6, 6.07) is 0. The van der Waals surface area contributed by atoms with Gasteiger partial charge < -0.3 is 0 Å². The fourth-order valence-corrected chi connectivity index (χ4v) is 4.22. The first kappa shape index (κ1) is 9.83. The number of thiazole rings is 1. The van der Waals surface area contributed by atoms with Crippen LogP contribution in [0.3, 0.4) is 0 Å². The van der Waals surface area contributed by atoms with Gasteiger partial charge in [0.05, 0.1) is 10.7 Å². The van der Waals surface area contributed by atoms with E-state index in [0.717, 1.165) is 11.8 Å². The second kappa shape index (κ2) is 3.07. The molecule has 1 fully saturated rings. The molecule has 2 unspecified atom stereocenters. The van der Waals surface area contributed by atoms with E-state index in [1.165, 1.54) is 36.4 Å². The third-order valence-electron chi connectivity index (χ3n) is 3.76. The van der Waals surface area contributed by atoms with Crippen molar-refractivity contribution < 1.29 is 0 Å². The Morgan fingerprint density at radius 3 is 2.80 bits per heavy atom. The standard InChI is InChI=1S/C13H19NS/c1-13(2,3)12-14-10-7-8-4-5-9(6-8)11(10)15-12/h8-9H,4-7H2,1-3H3. The number of hydrogen-bond acceptors (Lipinski definition) is 2. The van der Waals surface area contributed by atoms with Gasteiger partial charge in [0.2, 0.25) is 0 Å². The van der Waals surface area contributed by atoms with Crippen LogP contribution >= 0.6 is 11.3 Å². The maximum absolute atomic E-state index is 4.88. The number of aromatic nitrogens is 1. The molecule has 0 amide bonds. The van der Waals surface area contributed by atoms with Gasteiger partial charge in [0.25, 0.3) is 0 Å². The van der Waals surface area contributed by atoms with Crippen molar-refractivity contribution in [3.8, 4) is 0 Å². The third-order valence-corrected chi connectivity index (χ3v) is 5.45.